The molecular formula is C30H45ClFN7O5Si. The maximum absolute atomic E-state index is 15.2. The predicted octanol–water partition coefficient (Wildman–Crippen LogP) is 4.88. The molecule has 0 N–H and O–H groups in total. The molecule has 15 heteroatoms. The average molecular weight is 666 g/mol. The third kappa shape index (κ3) is 8.25. The van der Waals surface area contributed by atoms with Crippen LogP contribution < -0.4 is 9.64 Å². The normalized spacial score (nSPS) is 20.9. The Morgan fingerprint density at radius 3 is 2.31 bits per heavy atom. The van der Waals surface area contributed by atoms with Gasteiger partial charge in [0.25, 0.3) is 0 Å². The van der Waals surface area contributed by atoms with E-state index in [0.717, 1.165) is 18.9 Å². The van der Waals surface area contributed by atoms with Crippen molar-refractivity contribution in [2.24, 2.45) is 0 Å². The van der Waals surface area contributed by atoms with Gasteiger partial charge in [0.15, 0.2) is 11.0 Å². The van der Waals surface area contributed by atoms with Gasteiger partial charge in [0.2, 0.25) is 0 Å². The first-order chi connectivity index (χ1) is 21.2. The number of carbonyl (C=O) groups is 2. The Hall–Kier alpha value is -2.97. The zero-order valence-corrected chi connectivity index (χ0v) is 28.9. The molecule has 3 aliphatic heterocycles. The van der Waals surface area contributed by atoms with Gasteiger partial charge in [-0.15, -0.1) is 0 Å². The zero-order chi connectivity index (χ0) is 32.5. The van der Waals surface area contributed by atoms with Gasteiger partial charge < -0.3 is 24.0 Å². The fourth-order valence-electron chi connectivity index (χ4n) is 5.95. The van der Waals surface area contributed by atoms with Crippen LogP contribution in [0.15, 0.2) is 6.20 Å². The van der Waals surface area contributed by atoms with Crippen LogP contribution >= 0.6 is 11.6 Å². The molecule has 0 radical (unpaired) electrons. The summed E-state index contributed by atoms with van der Waals surface area (Å²) >= 11 is 6.03. The smallest absolute Gasteiger partial charge is 0.410 e. The molecule has 5 rings (SSSR count). The van der Waals surface area contributed by atoms with E-state index in [4.69, 9.17) is 30.8 Å². The van der Waals surface area contributed by atoms with Crippen molar-refractivity contribution in [3.8, 4) is 6.01 Å². The Labute approximate surface area is 270 Å². The Morgan fingerprint density at radius 1 is 1.02 bits per heavy atom. The molecule has 2 aromatic rings. The Morgan fingerprint density at radius 2 is 1.69 bits per heavy atom. The number of fused-ring (bicyclic) bond motifs is 3. The van der Waals surface area contributed by atoms with Crippen LogP contribution in [0.25, 0.3) is 10.9 Å². The fourth-order valence-corrected chi connectivity index (χ4v) is 6.80. The maximum Gasteiger partial charge on any atom is 0.410 e. The summed E-state index contributed by atoms with van der Waals surface area (Å²) in [4.78, 5) is 46.3. The zero-order valence-electron chi connectivity index (χ0n) is 27.1. The Balaban J connectivity index is 1.22. The highest BCUT2D eigenvalue weighted by atomic mass is 35.5. The van der Waals surface area contributed by atoms with Crippen molar-refractivity contribution >= 4 is 48.6 Å². The molecule has 0 spiro atoms. The van der Waals surface area contributed by atoms with Crippen LogP contribution in [0.5, 0.6) is 6.01 Å². The number of nitrogens with zero attached hydrogens (tertiary/aromatic N) is 7. The largest absolute Gasteiger partial charge is 0.462 e. The third-order valence-electron chi connectivity index (χ3n) is 8.33. The number of hydrogen-bond acceptors (Lipinski definition) is 10. The lowest BCUT2D eigenvalue weighted by atomic mass is 10.1. The van der Waals surface area contributed by atoms with Gasteiger partial charge in [0.05, 0.1) is 24.1 Å². The second kappa shape index (κ2) is 13.4. The third-order valence-corrected chi connectivity index (χ3v) is 10.3. The molecule has 3 aliphatic rings. The first-order valence-corrected chi connectivity index (χ1v) is 19.8. The first-order valence-electron chi connectivity index (χ1n) is 15.7. The molecule has 12 nitrogen and oxygen atoms in total. The van der Waals surface area contributed by atoms with Gasteiger partial charge in [0, 0.05) is 60.1 Å². The minimum atomic E-state index is -1.26. The van der Waals surface area contributed by atoms with E-state index in [1.165, 1.54) is 6.20 Å². The van der Waals surface area contributed by atoms with Crippen molar-refractivity contribution in [3.05, 3.63) is 17.2 Å². The van der Waals surface area contributed by atoms with E-state index in [-0.39, 0.29) is 47.6 Å². The van der Waals surface area contributed by atoms with Crippen molar-refractivity contribution < 1.29 is 28.2 Å². The molecule has 0 aliphatic carbocycles. The van der Waals surface area contributed by atoms with Crippen molar-refractivity contribution in [1.82, 2.24) is 29.7 Å². The molecule has 2 atom stereocenters. The van der Waals surface area contributed by atoms with Crippen molar-refractivity contribution in [3.63, 3.8) is 0 Å². The van der Waals surface area contributed by atoms with Crippen LogP contribution in [0, 0.1) is 5.82 Å². The van der Waals surface area contributed by atoms with Gasteiger partial charge in [-0.25, -0.2) is 19.0 Å². The molecule has 3 saturated heterocycles. The molecule has 0 saturated carbocycles. The van der Waals surface area contributed by atoms with Crippen LogP contribution in [-0.4, -0.2) is 127 Å². The summed E-state index contributed by atoms with van der Waals surface area (Å²) in [5.74, 6) is -0.231. The molecule has 2 bridgehead atoms. The number of piperazine rings is 2. The van der Waals surface area contributed by atoms with E-state index in [1.807, 2.05) is 25.7 Å². The molecule has 248 valence electrons. The highest BCUT2D eigenvalue weighted by Crippen LogP contribution is 2.37. The lowest BCUT2D eigenvalue weighted by molar-refractivity contribution is 0.0122. The summed E-state index contributed by atoms with van der Waals surface area (Å²) in [6.07, 6.45) is 2.60. The topological polar surface area (TPSA) is 113 Å². The highest BCUT2D eigenvalue weighted by Gasteiger charge is 2.45. The van der Waals surface area contributed by atoms with Crippen molar-refractivity contribution in [2.75, 3.05) is 63.9 Å². The molecule has 0 unspecified atom stereocenters. The summed E-state index contributed by atoms with van der Waals surface area (Å²) in [6.45, 7) is 17.3. The minimum Gasteiger partial charge on any atom is -0.462 e. The van der Waals surface area contributed by atoms with E-state index in [1.54, 1.807) is 4.90 Å². The van der Waals surface area contributed by atoms with Crippen LogP contribution in [0.2, 0.25) is 30.8 Å². The molecular weight excluding hydrogens is 621 g/mol. The summed E-state index contributed by atoms with van der Waals surface area (Å²) in [5.41, 5.74) is -0.546. The molecule has 5 heterocycles. The van der Waals surface area contributed by atoms with E-state index in [2.05, 4.69) is 39.4 Å². The molecule has 2 amide bonds. The first kappa shape index (κ1) is 33.4. The van der Waals surface area contributed by atoms with Gasteiger partial charge in [-0.05, 0) is 39.7 Å². The summed E-state index contributed by atoms with van der Waals surface area (Å²) in [7, 11) is -1.26. The monoisotopic (exact) mass is 665 g/mol. The van der Waals surface area contributed by atoms with Crippen LogP contribution in [0.3, 0.4) is 0 Å². The van der Waals surface area contributed by atoms with E-state index < -0.39 is 19.5 Å². The number of anilines is 1. The summed E-state index contributed by atoms with van der Waals surface area (Å²) in [5, 5.41) is 0.159. The van der Waals surface area contributed by atoms with Crippen molar-refractivity contribution in [1.29, 1.82) is 0 Å². The number of carbonyl (C=O) groups excluding carboxylic acids is 2. The number of pyridine rings is 1. The number of amides is 2. The fraction of sp³-hybridized carbons (Fsp3) is 0.700. The quantitative estimate of drug-likeness (QED) is 0.286. The van der Waals surface area contributed by atoms with E-state index in [0.29, 0.717) is 63.6 Å². The predicted molar refractivity (Wildman–Crippen MR) is 172 cm³/mol. The van der Waals surface area contributed by atoms with Gasteiger partial charge in [0.1, 0.15) is 23.5 Å². The second-order valence-electron chi connectivity index (χ2n) is 14.2. The Kier molecular flexibility index (Phi) is 9.95. The summed E-state index contributed by atoms with van der Waals surface area (Å²) < 4.78 is 32.3. The lowest BCUT2D eigenvalue weighted by Gasteiger charge is -2.42. The van der Waals surface area contributed by atoms with Gasteiger partial charge in [-0.1, -0.05) is 31.2 Å². The summed E-state index contributed by atoms with van der Waals surface area (Å²) in [6, 6.07) is 0.874. The lowest BCUT2D eigenvalue weighted by Crippen LogP contribution is -2.57. The van der Waals surface area contributed by atoms with Crippen molar-refractivity contribution in [2.45, 2.75) is 77.0 Å². The molecule has 45 heavy (non-hydrogen) atoms. The standard InChI is InChI=1S/C30H45ClFN7O5Si/c1-30(2,3)44-29(41)39-20-7-8-21(39)19-38(18-20)26-22-17-33-25(31)23(32)24(22)34-27(35-26)42-14-13-36-9-11-37(12-10-36)28(40)43-15-16-45(4,5)6/h17,20-21H,7-16,18-19H2,1-6H3/t20-,21+. The second-order valence-corrected chi connectivity index (χ2v) is 20.2. The number of ether oxygens (including phenoxy) is 3. The number of hydrogen-bond donors (Lipinski definition) is 0. The van der Waals surface area contributed by atoms with Gasteiger partial charge >= 0.3 is 18.2 Å². The van der Waals surface area contributed by atoms with Crippen LogP contribution in [-0.2, 0) is 9.47 Å². The van der Waals surface area contributed by atoms with E-state index >= 15 is 4.39 Å². The number of halogens is 2. The van der Waals surface area contributed by atoms with Gasteiger partial charge in [-0.3, -0.25) is 9.80 Å². The average Bonchev–Trinajstić information content (AvgIpc) is 3.23. The van der Waals surface area contributed by atoms with Crippen LogP contribution in [0.4, 0.5) is 19.8 Å². The van der Waals surface area contributed by atoms with E-state index in [9.17, 15) is 9.59 Å². The molecule has 0 aromatic carbocycles. The molecule has 2 aromatic heterocycles. The minimum absolute atomic E-state index is 0.0400. The highest BCUT2D eigenvalue weighted by molar-refractivity contribution is 6.76. The number of rotatable bonds is 8. The SMILES string of the molecule is CC(C)(C)OC(=O)N1[C@@H]2CC[C@H]1CN(c1nc(OCCN3CCN(C(=O)OCC[Si](C)(C)C)CC3)nc3c(F)c(Cl)ncc13)C2. The Bertz CT molecular complexity index is 1390. The van der Waals surface area contributed by atoms with Crippen LogP contribution in [0.1, 0.15) is 33.6 Å². The molecule has 3 fully saturated rings. The maximum atomic E-state index is 15.2. The van der Waals surface area contributed by atoms with Gasteiger partial charge in [-0.2, -0.15) is 9.97 Å². The number of aromatic nitrogens is 3.